The smallest absolute Gasteiger partial charge is 0.255 e. The van der Waals surface area contributed by atoms with Gasteiger partial charge in [-0.1, -0.05) is 25.1 Å². The number of carbonyl (C=O) groups is 2. The Hall–Kier alpha value is -2.51. The van der Waals surface area contributed by atoms with Gasteiger partial charge >= 0.3 is 0 Å². The lowest BCUT2D eigenvalue weighted by Crippen LogP contribution is -2.24. The summed E-state index contributed by atoms with van der Waals surface area (Å²) in [7, 11) is -3.65. The van der Waals surface area contributed by atoms with E-state index >= 15 is 0 Å². The summed E-state index contributed by atoms with van der Waals surface area (Å²) in [6, 6.07) is 11.0. The second kappa shape index (κ2) is 7.58. The van der Waals surface area contributed by atoms with Gasteiger partial charge in [0.2, 0.25) is 10.0 Å². The maximum absolute atomic E-state index is 12.5. The van der Waals surface area contributed by atoms with E-state index in [9.17, 15) is 18.0 Å². The molecule has 0 spiro atoms. The maximum atomic E-state index is 12.5. The van der Waals surface area contributed by atoms with Crippen molar-refractivity contribution in [3.8, 4) is 0 Å². The fraction of sp³-hybridized carbons (Fsp3) is 0.222. The van der Waals surface area contributed by atoms with Crippen molar-refractivity contribution in [3.63, 3.8) is 0 Å². The monoisotopic (exact) mass is 360 g/mol. The number of Topliss-reactive ketones (excluding diaryl/α,β-unsaturated/α-hetero) is 1. The number of rotatable bonds is 6. The molecular formula is C18H20N2O4S. The van der Waals surface area contributed by atoms with E-state index < -0.39 is 15.9 Å². The van der Waals surface area contributed by atoms with Gasteiger partial charge in [0.05, 0.1) is 4.90 Å². The van der Waals surface area contributed by atoms with E-state index in [4.69, 9.17) is 0 Å². The molecule has 0 radical (unpaired) electrons. The van der Waals surface area contributed by atoms with Crippen LogP contribution in [0, 0.1) is 6.92 Å². The van der Waals surface area contributed by atoms with E-state index in [1.165, 1.54) is 19.1 Å². The normalized spacial score (nSPS) is 11.2. The van der Waals surface area contributed by atoms with Crippen LogP contribution in [0.5, 0.6) is 0 Å². The predicted molar refractivity (Wildman–Crippen MR) is 96.4 cm³/mol. The zero-order chi connectivity index (χ0) is 18.6. The van der Waals surface area contributed by atoms with Gasteiger partial charge in [-0.15, -0.1) is 0 Å². The number of aryl methyl sites for hydroxylation is 1. The third kappa shape index (κ3) is 4.52. The lowest BCUT2D eigenvalue weighted by molar-refractivity contribution is 0.101. The molecule has 0 aliphatic carbocycles. The number of hydrogen-bond donors (Lipinski definition) is 2. The Balaban J connectivity index is 2.33. The lowest BCUT2D eigenvalue weighted by atomic mass is 10.1. The van der Waals surface area contributed by atoms with Crippen molar-refractivity contribution < 1.29 is 18.0 Å². The van der Waals surface area contributed by atoms with Crippen molar-refractivity contribution in [1.29, 1.82) is 0 Å². The van der Waals surface area contributed by atoms with Gasteiger partial charge in [0.1, 0.15) is 0 Å². The molecule has 2 aromatic rings. The minimum atomic E-state index is -3.65. The number of benzene rings is 2. The van der Waals surface area contributed by atoms with Gasteiger partial charge in [-0.2, -0.15) is 0 Å². The summed E-state index contributed by atoms with van der Waals surface area (Å²) in [4.78, 5) is 24.0. The Morgan fingerprint density at radius 3 is 2.44 bits per heavy atom. The van der Waals surface area contributed by atoms with Crippen LogP contribution in [-0.4, -0.2) is 26.7 Å². The van der Waals surface area contributed by atoms with Gasteiger partial charge in [0, 0.05) is 23.4 Å². The summed E-state index contributed by atoms with van der Waals surface area (Å²) in [5, 5.41) is 2.70. The second-order valence-electron chi connectivity index (χ2n) is 5.57. The molecule has 132 valence electrons. The number of sulfonamides is 1. The quantitative estimate of drug-likeness (QED) is 0.775. The van der Waals surface area contributed by atoms with Crippen LogP contribution < -0.4 is 10.0 Å². The van der Waals surface area contributed by atoms with E-state index in [1.54, 1.807) is 44.2 Å². The van der Waals surface area contributed by atoms with Crippen LogP contribution in [0.3, 0.4) is 0 Å². The van der Waals surface area contributed by atoms with Crippen molar-refractivity contribution in [2.45, 2.75) is 25.7 Å². The summed E-state index contributed by atoms with van der Waals surface area (Å²) in [6.07, 6.45) is 0. The number of ketones is 1. The van der Waals surface area contributed by atoms with Crippen LogP contribution in [0.1, 0.15) is 40.1 Å². The molecule has 1 amide bonds. The molecule has 25 heavy (non-hydrogen) atoms. The van der Waals surface area contributed by atoms with Crippen LogP contribution >= 0.6 is 0 Å². The summed E-state index contributed by atoms with van der Waals surface area (Å²) < 4.78 is 26.6. The average Bonchev–Trinajstić information content (AvgIpc) is 2.55. The minimum absolute atomic E-state index is 0.0302. The molecule has 0 bridgehead atoms. The third-order valence-electron chi connectivity index (χ3n) is 3.63. The molecule has 2 rings (SSSR count). The molecule has 2 N–H and O–H groups in total. The first-order chi connectivity index (χ1) is 11.7. The van der Waals surface area contributed by atoms with Gasteiger partial charge in [0.15, 0.2) is 5.78 Å². The summed E-state index contributed by atoms with van der Waals surface area (Å²) in [5.41, 5.74) is 1.86. The molecule has 0 saturated carbocycles. The standard InChI is InChI=1S/C18H20N2O4S/c1-4-19-25(23,24)16-9-8-12(2)17(11-16)18(22)20-15-7-5-6-14(10-15)13(3)21/h5-11,19H,4H2,1-3H3,(H,20,22). The summed E-state index contributed by atoms with van der Waals surface area (Å²) in [5.74, 6) is -0.544. The van der Waals surface area contributed by atoms with Crippen LogP contribution in [0.15, 0.2) is 47.4 Å². The maximum Gasteiger partial charge on any atom is 0.255 e. The third-order valence-corrected chi connectivity index (χ3v) is 5.17. The van der Waals surface area contributed by atoms with Crippen molar-refractivity contribution in [2.75, 3.05) is 11.9 Å². The molecule has 0 saturated heterocycles. The van der Waals surface area contributed by atoms with E-state index in [1.807, 2.05) is 0 Å². The van der Waals surface area contributed by atoms with Gasteiger partial charge in [-0.05, 0) is 43.7 Å². The topological polar surface area (TPSA) is 92.3 Å². The summed E-state index contributed by atoms with van der Waals surface area (Å²) >= 11 is 0. The van der Waals surface area contributed by atoms with Crippen molar-refractivity contribution in [1.82, 2.24) is 4.72 Å². The molecular weight excluding hydrogens is 340 g/mol. The molecule has 0 aromatic heterocycles. The Morgan fingerprint density at radius 2 is 1.80 bits per heavy atom. The average molecular weight is 360 g/mol. The molecule has 0 unspecified atom stereocenters. The first-order valence-corrected chi connectivity index (χ1v) is 9.25. The van der Waals surface area contributed by atoms with Crippen LogP contribution in [0.4, 0.5) is 5.69 Å². The first-order valence-electron chi connectivity index (χ1n) is 7.77. The summed E-state index contributed by atoms with van der Waals surface area (Å²) in [6.45, 7) is 5.11. The Kier molecular flexibility index (Phi) is 5.71. The van der Waals surface area contributed by atoms with Gasteiger partial charge in [0.25, 0.3) is 5.91 Å². The number of carbonyl (C=O) groups excluding carboxylic acids is 2. The van der Waals surface area contributed by atoms with E-state index in [0.717, 1.165) is 0 Å². The van der Waals surface area contributed by atoms with E-state index in [-0.39, 0.29) is 22.8 Å². The highest BCUT2D eigenvalue weighted by Gasteiger charge is 2.17. The molecule has 2 aromatic carbocycles. The Labute approximate surface area is 147 Å². The molecule has 0 heterocycles. The van der Waals surface area contributed by atoms with Crippen LogP contribution in [0.2, 0.25) is 0 Å². The fourth-order valence-electron chi connectivity index (χ4n) is 2.30. The molecule has 0 fully saturated rings. The van der Waals surface area contributed by atoms with Crippen molar-refractivity contribution in [2.24, 2.45) is 0 Å². The van der Waals surface area contributed by atoms with Gasteiger partial charge in [-0.3, -0.25) is 9.59 Å². The molecule has 0 aliphatic rings. The number of anilines is 1. The molecule has 6 nitrogen and oxygen atoms in total. The van der Waals surface area contributed by atoms with Crippen LogP contribution in [-0.2, 0) is 10.0 Å². The minimum Gasteiger partial charge on any atom is -0.322 e. The van der Waals surface area contributed by atoms with E-state index in [0.29, 0.717) is 16.8 Å². The highest BCUT2D eigenvalue weighted by Crippen LogP contribution is 2.18. The Bertz CT molecular complexity index is 920. The molecule has 0 atom stereocenters. The van der Waals surface area contributed by atoms with E-state index in [2.05, 4.69) is 10.0 Å². The number of hydrogen-bond acceptors (Lipinski definition) is 4. The van der Waals surface area contributed by atoms with Gasteiger partial charge in [-0.25, -0.2) is 13.1 Å². The highest BCUT2D eigenvalue weighted by atomic mass is 32.2. The zero-order valence-corrected chi connectivity index (χ0v) is 15.1. The Morgan fingerprint density at radius 1 is 1.08 bits per heavy atom. The first kappa shape index (κ1) is 18.8. The number of nitrogens with one attached hydrogen (secondary N) is 2. The van der Waals surface area contributed by atoms with Crippen LogP contribution in [0.25, 0.3) is 0 Å². The number of amides is 1. The van der Waals surface area contributed by atoms with Crippen molar-refractivity contribution in [3.05, 3.63) is 59.2 Å². The molecule has 7 heteroatoms. The van der Waals surface area contributed by atoms with Gasteiger partial charge < -0.3 is 5.32 Å². The predicted octanol–water partition coefficient (Wildman–Crippen LogP) is 2.75. The zero-order valence-electron chi connectivity index (χ0n) is 14.3. The second-order valence-corrected chi connectivity index (χ2v) is 7.34. The highest BCUT2D eigenvalue weighted by molar-refractivity contribution is 7.89. The van der Waals surface area contributed by atoms with Crippen molar-refractivity contribution >= 4 is 27.4 Å². The lowest BCUT2D eigenvalue weighted by Gasteiger charge is -2.11. The molecule has 0 aliphatic heterocycles. The SMILES string of the molecule is CCNS(=O)(=O)c1ccc(C)c(C(=O)Nc2cccc(C(C)=O)c2)c1. The fourth-order valence-corrected chi connectivity index (χ4v) is 3.37. The largest absolute Gasteiger partial charge is 0.322 e.